The minimum atomic E-state index is -1.13. The Kier molecular flexibility index (Phi) is 8.07. The van der Waals surface area contributed by atoms with Crippen molar-refractivity contribution in [2.24, 2.45) is 11.7 Å². The van der Waals surface area contributed by atoms with Crippen LogP contribution >= 0.6 is 0 Å². The van der Waals surface area contributed by atoms with Crippen LogP contribution in [0.1, 0.15) is 5.56 Å². The van der Waals surface area contributed by atoms with Gasteiger partial charge in [-0.3, -0.25) is 14.6 Å². The highest BCUT2D eigenvalue weighted by Gasteiger charge is 2.23. The Bertz CT molecular complexity index is 1530. The van der Waals surface area contributed by atoms with E-state index in [0.717, 1.165) is 29.6 Å². The number of hydrogen-bond donors (Lipinski definition) is 2. The highest BCUT2D eigenvalue weighted by Crippen LogP contribution is 2.38. The number of nitrogens with two attached hydrogens (primary N) is 1. The molecular weight excluding hydrogens is 515 g/mol. The first-order valence-electron chi connectivity index (χ1n) is 12.9. The van der Waals surface area contributed by atoms with Gasteiger partial charge in [-0.1, -0.05) is 30.3 Å². The molecule has 1 aromatic heterocycles. The summed E-state index contributed by atoms with van der Waals surface area (Å²) in [6.07, 6.45) is 2.01. The standard InChI is InChI=1S/C30H29FN4O5/c1-38-27-14-22-24(15-28(27)39-18-20-16-33-17-20)34-11-9-25(22)40-26-8-7-21(13-23(26)31)35(30(37)29(32)36)12-10-19-5-3-2-4-6-19/h2-9,11,13-15,20,33H,10,12,16-18H2,1H3,(H2,32,36). The van der Waals surface area contributed by atoms with Crippen LogP contribution in [0.25, 0.3) is 10.9 Å². The van der Waals surface area contributed by atoms with E-state index in [1.807, 2.05) is 30.3 Å². The summed E-state index contributed by atoms with van der Waals surface area (Å²) in [4.78, 5) is 29.8. The monoisotopic (exact) mass is 544 g/mol. The number of pyridine rings is 1. The first-order valence-corrected chi connectivity index (χ1v) is 12.9. The average Bonchev–Trinajstić information content (AvgIpc) is 2.93. The fourth-order valence-corrected chi connectivity index (χ4v) is 4.39. The number of rotatable bonds is 10. The molecule has 2 heterocycles. The van der Waals surface area contributed by atoms with Gasteiger partial charge in [0.25, 0.3) is 0 Å². The molecular formula is C30H29FN4O5. The van der Waals surface area contributed by atoms with E-state index in [2.05, 4.69) is 10.3 Å². The summed E-state index contributed by atoms with van der Waals surface area (Å²) in [5.41, 5.74) is 7.01. The SMILES string of the molecule is COc1cc2c(Oc3ccc(N(CCc4ccccc4)C(=O)C(N)=O)cc3F)ccnc2cc1OCC1CNC1. The lowest BCUT2D eigenvalue weighted by Gasteiger charge is -2.27. The molecule has 4 aromatic rings. The summed E-state index contributed by atoms with van der Waals surface area (Å²) < 4.78 is 32.7. The second-order valence-electron chi connectivity index (χ2n) is 9.44. The molecule has 0 unspecified atom stereocenters. The van der Waals surface area contributed by atoms with Crippen molar-refractivity contribution in [1.29, 1.82) is 0 Å². The molecule has 1 aliphatic heterocycles. The summed E-state index contributed by atoms with van der Waals surface area (Å²) in [5, 5.41) is 3.82. The van der Waals surface area contributed by atoms with Crippen molar-refractivity contribution in [3.8, 4) is 23.0 Å². The van der Waals surface area contributed by atoms with Gasteiger partial charge in [0.1, 0.15) is 5.75 Å². The topological polar surface area (TPSA) is 116 Å². The number of methoxy groups -OCH3 is 1. The highest BCUT2D eigenvalue weighted by molar-refractivity contribution is 6.39. The largest absolute Gasteiger partial charge is 0.493 e. The summed E-state index contributed by atoms with van der Waals surface area (Å²) in [6, 6.07) is 18.6. The van der Waals surface area contributed by atoms with Crippen molar-refractivity contribution < 1.29 is 28.2 Å². The number of hydrogen-bond acceptors (Lipinski definition) is 7. The third kappa shape index (κ3) is 5.97. The van der Waals surface area contributed by atoms with Gasteiger partial charge < -0.3 is 30.2 Å². The second kappa shape index (κ2) is 12.0. The van der Waals surface area contributed by atoms with Gasteiger partial charge in [-0.25, -0.2) is 4.39 Å². The van der Waals surface area contributed by atoms with Crippen LogP contribution in [-0.4, -0.2) is 50.1 Å². The molecule has 9 nitrogen and oxygen atoms in total. The van der Waals surface area contributed by atoms with Gasteiger partial charge in [0.2, 0.25) is 0 Å². The van der Waals surface area contributed by atoms with E-state index in [1.165, 1.54) is 12.1 Å². The first kappa shape index (κ1) is 26.9. The first-order chi connectivity index (χ1) is 19.4. The Morgan fingerprint density at radius 3 is 2.50 bits per heavy atom. The normalized spacial score (nSPS) is 12.9. The van der Waals surface area contributed by atoms with E-state index >= 15 is 4.39 Å². The van der Waals surface area contributed by atoms with E-state index in [0.29, 0.717) is 47.1 Å². The van der Waals surface area contributed by atoms with Gasteiger partial charge in [0, 0.05) is 55.0 Å². The number of nitrogens with one attached hydrogen (secondary N) is 1. The maximum absolute atomic E-state index is 15.3. The summed E-state index contributed by atoms with van der Waals surface area (Å²) in [7, 11) is 1.55. The maximum atomic E-state index is 15.3. The molecule has 1 fully saturated rings. The predicted octanol–water partition coefficient (Wildman–Crippen LogP) is 3.83. The number of benzene rings is 3. The Hall–Kier alpha value is -4.70. The summed E-state index contributed by atoms with van der Waals surface area (Å²) in [5.74, 6) is -0.959. The minimum absolute atomic E-state index is 0.0671. The highest BCUT2D eigenvalue weighted by atomic mass is 19.1. The lowest BCUT2D eigenvalue weighted by molar-refractivity contribution is -0.135. The zero-order valence-corrected chi connectivity index (χ0v) is 21.9. The van der Waals surface area contributed by atoms with Crippen molar-refractivity contribution >= 4 is 28.4 Å². The van der Waals surface area contributed by atoms with Gasteiger partial charge in [0.05, 0.1) is 19.2 Å². The van der Waals surface area contributed by atoms with E-state index in [1.54, 1.807) is 31.5 Å². The van der Waals surface area contributed by atoms with E-state index in [-0.39, 0.29) is 18.0 Å². The van der Waals surface area contributed by atoms with Crippen LogP contribution in [0, 0.1) is 11.7 Å². The molecule has 3 N–H and O–H groups in total. The van der Waals surface area contributed by atoms with Crippen LogP contribution in [0.15, 0.2) is 72.9 Å². The Labute approximate surface area is 230 Å². The molecule has 0 bridgehead atoms. The van der Waals surface area contributed by atoms with Crippen molar-refractivity contribution in [2.75, 3.05) is 38.3 Å². The van der Waals surface area contributed by atoms with E-state index in [9.17, 15) is 9.59 Å². The van der Waals surface area contributed by atoms with Crippen molar-refractivity contribution in [3.63, 3.8) is 0 Å². The van der Waals surface area contributed by atoms with Gasteiger partial charge >= 0.3 is 11.8 Å². The number of amides is 2. The van der Waals surface area contributed by atoms with Crippen molar-refractivity contribution in [3.05, 3.63) is 84.3 Å². The zero-order valence-electron chi connectivity index (χ0n) is 21.9. The molecule has 0 spiro atoms. The molecule has 40 heavy (non-hydrogen) atoms. The lowest BCUT2D eigenvalue weighted by atomic mass is 10.1. The van der Waals surface area contributed by atoms with Gasteiger partial charge in [-0.15, -0.1) is 0 Å². The maximum Gasteiger partial charge on any atom is 0.316 e. The fraction of sp³-hybridized carbons (Fsp3) is 0.233. The van der Waals surface area contributed by atoms with Crippen LogP contribution in [0.5, 0.6) is 23.0 Å². The Morgan fingerprint density at radius 1 is 1.02 bits per heavy atom. The van der Waals surface area contributed by atoms with Crippen LogP contribution in [0.2, 0.25) is 0 Å². The third-order valence-electron chi connectivity index (χ3n) is 6.70. The molecule has 2 amide bonds. The molecule has 0 saturated carbocycles. The molecule has 3 aromatic carbocycles. The van der Waals surface area contributed by atoms with Crippen LogP contribution in [0.3, 0.4) is 0 Å². The third-order valence-corrected chi connectivity index (χ3v) is 6.70. The average molecular weight is 545 g/mol. The molecule has 0 atom stereocenters. The molecule has 0 aliphatic carbocycles. The number of nitrogens with zero attached hydrogens (tertiary/aromatic N) is 2. The number of primary amides is 1. The smallest absolute Gasteiger partial charge is 0.316 e. The molecule has 0 radical (unpaired) electrons. The number of aromatic nitrogens is 1. The van der Waals surface area contributed by atoms with Crippen molar-refractivity contribution in [2.45, 2.75) is 6.42 Å². The van der Waals surface area contributed by atoms with Crippen LogP contribution in [0.4, 0.5) is 10.1 Å². The predicted molar refractivity (Wildman–Crippen MR) is 148 cm³/mol. The van der Waals surface area contributed by atoms with Crippen LogP contribution < -0.4 is 30.2 Å². The van der Waals surface area contributed by atoms with Gasteiger partial charge in [-0.2, -0.15) is 0 Å². The quantitative estimate of drug-likeness (QED) is 0.292. The minimum Gasteiger partial charge on any atom is -0.493 e. The Morgan fingerprint density at radius 2 is 1.82 bits per heavy atom. The lowest BCUT2D eigenvalue weighted by Crippen LogP contribution is -2.45. The number of carbonyl (C=O) groups is 2. The molecule has 206 valence electrons. The van der Waals surface area contributed by atoms with Gasteiger partial charge in [-0.05, 0) is 36.2 Å². The number of carbonyl (C=O) groups excluding carboxylic acids is 2. The van der Waals surface area contributed by atoms with Gasteiger partial charge in [0.15, 0.2) is 23.1 Å². The number of anilines is 1. The number of halogens is 1. The number of ether oxygens (including phenoxy) is 3. The fourth-order valence-electron chi connectivity index (χ4n) is 4.39. The molecule has 5 rings (SSSR count). The zero-order chi connectivity index (χ0) is 28.1. The molecule has 10 heteroatoms. The van der Waals surface area contributed by atoms with Crippen LogP contribution in [-0.2, 0) is 16.0 Å². The molecule has 1 saturated heterocycles. The van der Waals surface area contributed by atoms with E-state index in [4.69, 9.17) is 19.9 Å². The summed E-state index contributed by atoms with van der Waals surface area (Å²) >= 11 is 0. The number of fused-ring (bicyclic) bond motifs is 1. The molecule has 1 aliphatic rings. The summed E-state index contributed by atoms with van der Waals surface area (Å²) in [6.45, 7) is 2.53. The Balaban J connectivity index is 1.38. The van der Waals surface area contributed by atoms with E-state index < -0.39 is 17.6 Å². The van der Waals surface area contributed by atoms with Crippen molar-refractivity contribution in [1.82, 2.24) is 10.3 Å². The second-order valence-corrected chi connectivity index (χ2v) is 9.44.